The molecule has 32 heavy (non-hydrogen) atoms. The van der Waals surface area contributed by atoms with Gasteiger partial charge < -0.3 is 20.3 Å². The fraction of sp³-hybridized carbons (Fsp3) is 0.667. The Balaban J connectivity index is 0.00000512. The summed E-state index contributed by atoms with van der Waals surface area (Å²) in [4.78, 5) is 21.3. The Kier molecular flexibility index (Phi) is 13.8. The van der Waals surface area contributed by atoms with Gasteiger partial charge in [-0.15, -0.1) is 24.0 Å². The molecule has 1 aromatic carbocycles. The Morgan fingerprint density at radius 2 is 1.72 bits per heavy atom. The van der Waals surface area contributed by atoms with E-state index in [-0.39, 0.29) is 42.1 Å². The number of hydrogen-bond donors (Lipinski definition) is 2. The molecule has 2 atom stereocenters. The first-order chi connectivity index (χ1) is 15.0. The van der Waals surface area contributed by atoms with Crippen molar-refractivity contribution in [2.45, 2.75) is 66.3 Å². The van der Waals surface area contributed by atoms with Crippen LogP contribution in [-0.2, 0) is 22.6 Å². The zero-order valence-corrected chi connectivity index (χ0v) is 22.7. The number of ether oxygens (including phenoxy) is 1. The van der Waals surface area contributed by atoms with Crippen LogP contribution < -0.4 is 10.6 Å². The molecule has 1 aliphatic rings. The second-order valence-corrected chi connectivity index (χ2v) is 8.16. The largest absolute Gasteiger partial charge is 0.373 e. The highest BCUT2D eigenvalue weighted by Crippen LogP contribution is 2.17. The van der Waals surface area contributed by atoms with E-state index in [9.17, 15) is 4.79 Å². The van der Waals surface area contributed by atoms with Gasteiger partial charge in [0.25, 0.3) is 0 Å². The molecule has 7 nitrogen and oxygen atoms in total. The molecule has 1 amide bonds. The van der Waals surface area contributed by atoms with Crippen molar-refractivity contribution in [2.24, 2.45) is 4.99 Å². The number of amides is 1. The van der Waals surface area contributed by atoms with E-state index >= 15 is 0 Å². The minimum Gasteiger partial charge on any atom is -0.373 e. The van der Waals surface area contributed by atoms with Crippen LogP contribution in [-0.4, -0.2) is 73.1 Å². The molecule has 1 heterocycles. The summed E-state index contributed by atoms with van der Waals surface area (Å²) in [7, 11) is 0. The SMILES string of the molecule is CCNC(=NCc1ccccc1CN1CC(C)OC(C)C1)NCCC(=O)N(CC)CC.I. The van der Waals surface area contributed by atoms with Crippen LogP contribution in [0.15, 0.2) is 29.3 Å². The van der Waals surface area contributed by atoms with Crippen molar-refractivity contribution in [3.63, 3.8) is 0 Å². The third-order valence-corrected chi connectivity index (χ3v) is 5.51. The number of guanidine groups is 1. The number of nitrogens with zero attached hydrogens (tertiary/aromatic N) is 3. The maximum atomic E-state index is 12.2. The maximum Gasteiger partial charge on any atom is 0.224 e. The zero-order valence-electron chi connectivity index (χ0n) is 20.4. The number of carbonyl (C=O) groups is 1. The van der Waals surface area contributed by atoms with Crippen molar-refractivity contribution in [2.75, 3.05) is 39.3 Å². The number of halogens is 1. The summed E-state index contributed by atoms with van der Waals surface area (Å²) in [5.41, 5.74) is 2.53. The van der Waals surface area contributed by atoms with E-state index in [1.54, 1.807) is 0 Å². The molecule has 0 spiro atoms. The third kappa shape index (κ3) is 9.62. The summed E-state index contributed by atoms with van der Waals surface area (Å²) in [6, 6.07) is 8.51. The Labute approximate surface area is 211 Å². The molecule has 2 N–H and O–H groups in total. The molecule has 0 radical (unpaired) electrons. The van der Waals surface area contributed by atoms with E-state index in [4.69, 9.17) is 9.73 Å². The Morgan fingerprint density at radius 3 is 2.31 bits per heavy atom. The molecule has 182 valence electrons. The van der Waals surface area contributed by atoms with E-state index in [1.807, 2.05) is 25.7 Å². The molecular formula is C24H42IN5O2. The van der Waals surface area contributed by atoms with E-state index in [0.29, 0.717) is 19.5 Å². The normalized spacial score (nSPS) is 19.2. The van der Waals surface area contributed by atoms with Crippen LogP contribution in [0.3, 0.4) is 0 Å². The number of hydrogen-bond acceptors (Lipinski definition) is 4. The first-order valence-corrected chi connectivity index (χ1v) is 11.7. The molecule has 2 rings (SSSR count). The van der Waals surface area contributed by atoms with E-state index in [0.717, 1.165) is 45.2 Å². The molecule has 0 bridgehead atoms. The van der Waals surface area contributed by atoms with Crippen molar-refractivity contribution < 1.29 is 9.53 Å². The predicted molar refractivity (Wildman–Crippen MR) is 143 cm³/mol. The highest BCUT2D eigenvalue weighted by atomic mass is 127. The number of aliphatic imine (C=N–C) groups is 1. The van der Waals surface area contributed by atoms with E-state index in [2.05, 4.69) is 53.6 Å². The molecular weight excluding hydrogens is 517 g/mol. The van der Waals surface area contributed by atoms with Gasteiger partial charge in [0.15, 0.2) is 5.96 Å². The molecule has 0 aromatic heterocycles. The molecule has 1 aliphatic heterocycles. The van der Waals surface area contributed by atoms with Gasteiger partial charge in [-0.3, -0.25) is 9.69 Å². The average Bonchev–Trinajstić information content (AvgIpc) is 2.73. The lowest BCUT2D eigenvalue weighted by atomic mass is 10.1. The van der Waals surface area contributed by atoms with E-state index in [1.165, 1.54) is 11.1 Å². The number of benzene rings is 1. The molecule has 0 saturated carbocycles. The number of morpholine rings is 1. The lowest BCUT2D eigenvalue weighted by Gasteiger charge is -2.35. The topological polar surface area (TPSA) is 69.2 Å². The number of rotatable bonds is 10. The Bertz CT molecular complexity index is 701. The maximum absolute atomic E-state index is 12.2. The van der Waals surface area contributed by atoms with E-state index < -0.39 is 0 Å². The summed E-state index contributed by atoms with van der Waals surface area (Å²) in [6.07, 6.45) is 0.992. The summed E-state index contributed by atoms with van der Waals surface area (Å²) < 4.78 is 5.87. The Hall–Kier alpha value is -1.39. The highest BCUT2D eigenvalue weighted by Gasteiger charge is 2.22. The lowest BCUT2D eigenvalue weighted by Crippen LogP contribution is -2.44. The molecule has 1 saturated heterocycles. The molecule has 1 aromatic rings. The van der Waals surface area contributed by atoms with Gasteiger partial charge in [-0.25, -0.2) is 4.99 Å². The fourth-order valence-electron chi connectivity index (χ4n) is 4.05. The molecule has 1 fully saturated rings. The van der Waals surface area contributed by atoms with Crippen molar-refractivity contribution >= 4 is 35.8 Å². The summed E-state index contributed by atoms with van der Waals surface area (Å²) in [5, 5.41) is 6.59. The third-order valence-electron chi connectivity index (χ3n) is 5.51. The van der Waals surface area contributed by atoms with Gasteiger partial charge >= 0.3 is 0 Å². The van der Waals surface area contributed by atoms with Crippen molar-refractivity contribution in [1.29, 1.82) is 0 Å². The van der Waals surface area contributed by atoms with Gasteiger partial charge in [0.2, 0.25) is 5.91 Å². The highest BCUT2D eigenvalue weighted by molar-refractivity contribution is 14.0. The van der Waals surface area contributed by atoms with Crippen molar-refractivity contribution in [1.82, 2.24) is 20.4 Å². The van der Waals surface area contributed by atoms with Crippen LogP contribution in [0, 0.1) is 0 Å². The average molecular weight is 560 g/mol. The van der Waals surface area contributed by atoms with Crippen LogP contribution in [0.1, 0.15) is 52.2 Å². The monoisotopic (exact) mass is 559 g/mol. The van der Waals surface area contributed by atoms with Gasteiger partial charge in [-0.1, -0.05) is 24.3 Å². The standard InChI is InChI=1S/C24H41N5O2.HI/c1-6-25-24(26-14-13-23(30)29(7-2)8-3)27-15-21-11-9-10-12-22(21)18-28-16-19(4)31-20(5)17-28;/h9-12,19-20H,6-8,13-18H2,1-5H3,(H2,25,26,27);1H. The van der Waals surface area contributed by atoms with Gasteiger partial charge in [-0.05, 0) is 45.7 Å². The molecule has 0 aliphatic carbocycles. The minimum absolute atomic E-state index is 0. The predicted octanol–water partition coefficient (Wildman–Crippen LogP) is 3.23. The van der Waals surface area contributed by atoms with Crippen LogP contribution in [0.25, 0.3) is 0 Å². The van der Waals surface area contributed by atoms with Crippen LogP contribution in [0.4, 0.5) is 0 Å². The lowest BCUT2D eigenvalue weighted by molar-refractivity contribution is -0.130. The summed E-state index contributed by atoms with van der Waals surface area (Å²) >= 11 is 0. The van der Waals surface area contributed by atoms with Crippen molar-refractivity contribution in [3.05, 3.63) is 35.4 Å². The van der Waals surface area contributed by atoms with Gasteiger partial charge in [0, 0.05) is 52.2 Å². The van der Waals surface area contributed by atoms with Crippen molar-refractivity contribution in [3.8, 4) is 0 Å². The fourth-order valence-corrected chi connectivity index (χ4v) is 4.05. The van der Waals surface area contributed by atoms with Gasteiger partial charge in [0.1, 0.15) is 0 Å². The first-order valence-electron chi connectivity index (χ1n) is 11.7. The smallest absolute Gasteiger partial charge is 0.224 e. The number of nitrogens with one attached hydrogen (secondary N) is 2. The Morgan fingerprint density at radius 1 is 1.09 bits per heavy atom. The second kappa shape index (κ2) is 15.4. The second-order valence-electron chi connectivity index (χ2n) is 8.16. The molecule has 2 unspecified atom stereocenters. The summed E-state index contributed by atoms with van der Waals surface area (Å²) in [6.45, 7) is 16.6. The van der Waals surface area contributed by atoms with Crippen LogP contribution in [0.5, 0.6) is 0 Å². The van der Waals surface area contributed by atoms with Gasteiger partial charge in [-0.2, -0.15) is 0 Å². The van der Waals surface area contributed by atoms with Gasteiger partial charge in [0.05, 0.1) is 18.8 Å². The minimum atomic E-state index is 0. The molecule has 8 heteroatoms. The van der Waals surface area contributed by atoms with Crippen LogP contribution in [0.2, 0.25) is 0 Å². The van der Waals surface area contributed by atoms with Crippen LogP contribution >= 0.6 is 24.0 Å². The quantitative estimate of drug-likeness (QED) is 0.262. The number of carbonyl (C=O) groups excluding carboxylic acids is 1. The summed E-state index contributed by atoms with van der Waals surface area (Å²) in [5.74, 6) is 0.922. The first kappa shape index (κ1) is 28.6. The zero-order chi connectivity index (χ0) is 22.6.